The number of para-hydroxylation sites is 2. The van der Waals surface area contributed by atoms with Gasteiger partial charge in [-0.3, -0.25) is 28.6 Å². The first-order valence-corrected chi connectivity index (χ1v) is 9.50. The van der Waals surface area contributed by atoms with E-state index in [2.05, 4.69) is 10.3 Å². The molecule has 1 heterocycles. The highest BCUT2D eigenvalue weighted by atomic mass is 16.2. The minimum absolute atomic E-state index is 0.0117. The normalized spacial score (nSPS) is 10.6. The average molecular weight is 406 g/mol. The Labute approximate surface area is 173 Å². The molecule has 3 aromatic rings. The molecule has 0 aliphatic heterocycles. The number of fused-ring (bicyclic) bond motifs is 1. The lowest BCUT2D eigenvalue weighted by Gasteiger charge is -2.19. The molecule has 3 rings (SSSR count). The fourth-order valence-electron chi connectivity index (χ4n) is 3.17. The van der Waals surface area contributed by atoms with Gasteiger partial charge >= 0.3 is 0 Å². The van der Waals surface area contributed by atoms with Gasteiger partial charge in [0.15, 0.2) is 5.78 Å². The number of anilines is 2. The predicted molar refractivity (Wildman–Crippen MR) is 115 cm³/mol. The Morgan fingerprint density at radius 1 is 1.03 bits per heavy atom. The Morgan fingerprint density at radius 3 is 2.30 bits per heavy atom. The van der Waals surface area contributed by atoms with Crippen LogP contribution in [0.3, 0.4) is 0 Å². The fraction of sp³-hybridized carbons (Fsp3) is 0.227. The molecule has 8 heteroatoms. The summed E-state index contributed by atoms with van der Waals surface area (Å²) in [4.78, 5) is 54.7. The Hall–Kier alpha value is -3.81. The van der Waals surface area contributed by atoms with Crippen molar-refractivity contribution >= 4 is 40.1 Å². The van der Waals surface area contributed by atoms with Crippen LogP contribution in [0.4, 0.5) is 11.5 Å². The number of hydrogen-bond acceptors (Lipinski definition) is 5. The third-order valence-electron chi connectivity index (χ3n) is 4.66. The summed E-state index contributed by atoms with van der Waals surface area (Å²) < 4.78 is 1.31. The van der Waals surface area contributed by atoms with Crippen LogP contribution in [-0.2, 0) is 16.1 Å². The topological polar surface area (TPSA) is 101 Å². The average Bonchev–Trinajstić information content (AvgIpc) is 2.71. The highest BCUT2D eigenvalue weighted by molar-refractivity contribution is 5.96. The molecule has 2 aromatic carbocycles. The summed E-state index contributed by atoms with van der Waals surface area (Å²) in [6, 6.07) is 13.4. The van der Waals surface area contributed by atoms with Gasteiger partial charge in [-0.1, -0.05) is 12.1 Å². The molecule has 2 amide bonds. The summed E-state index contributed by atoms with van der Waals surface area (Å²) in [7, 11) is 0. The number of nitrogens with zero attached hydrogens (tertiary/aromatic N) is 3. The van der Waals surface area contributed by atoms with Crippen LogP contribution in [0.25, 0.3) is 11.0 Å². The summed E-state index contributed by atoms with van der Waals surface area (Å²) in [5.74, 6) is -0.803. The van der Waals surface area contributed by atoms with Gasteiger partial charge in [-0.05, 0) is 50.2 Å². The number of hydrogen-bond donors (Lipinski definition) is 1. The number of carbonyl (C=O) groups is 3. The van der Waals surface area contributed by atoms with E-state index in [-0.39, 0.29) is 30.6 Å². The number of ketones is 1. The minimum atomic E-state index is -0.521. The SMILES string of the molecule is CCN(C(C)=O)c1nc2ccccc2n(CC(=O)Nc2ccc(C(C)=O)cc2)c1=O. The Balaban J connectivity index is 1.97. The summed E-state index contributed by atoms with van der Waals surface area (Å²) in [5.41, 5.74) is 1.53. The third kappa shape index (κ3) is 4.27. The van der Waals surface area contributed by atoms with Crippen LogP contribution in [0.2, 0.25) is 0 Å². The van der Waals surface area contributed by atoms with E-state index in [0.717, 1.165) is 0 Å². The third-order valence-corrected chi connectivity index (χ3v) is 4.66. The van der Waals surface area contributed by atoms with Crippen molar-refractivity contribution in [2.24, 2.45) is 0 Å². The van der Waals surface area contributed by atoms with Crippen molar-refractivity contribution in [1.29, 1.82) is 0 Å². The van der Waals surface area contributed by atoms with Crippen LogP contribution in [0.15, 0.2) is 53.3 Å². The Bertz CT molecular complexity index is 1180. The number of rotatable bonds is 6. The lowest BCUT2D eigenvalue weighted by molar-refractivity contribution is -0.117. The van der Waals surface area contributed by atoms with E-state index >= 15 is 0 Å². The highest BCUT2D eigenvalue weighted by Crippen LogP contribution is 2.15. The molecule has 0 bridgehead atoms. The molecule has 0 saturated heterocycles. The molecular weight excluding hydrogens is 384 g/mol. The summed E-state index contributed by atoms with van der Waals surface area (Å²) >= 11 is 0. The van der Waals surface area contributed by atoms with Crippen molar-refractivity contribution in [3.63, 3.8) is 0 Å². The van der Waals surface area contributed by atoms with Gasteiger partial charge < -0.3 is 5.32 Å². The van der Waals surface area contributed by atoms with Crippen LogP contribution in [-0.4, -0.2) is 33.7 Å². The van der Waals surface area contributed by atoms with Crippen LogP contribution in [0.5, 0.6) is 0 Å². The summed E-state index contributed by atoms with van der Waals surface area (Å²) in [6.45, 7) is 4.61. The number of nitrogens with one attached hydrogen (secondary N) is 1. The van der Waals surface area contributed by atoms with Gasteiger partial charge in [-0.15, -0.1) is 0 Å². The minimum Gasteiger partial charge on any atom is -0.325 e. The lowest BCUT2D eigenvalue weighted by atomic mass is 10.1. The summed E-state index contributed by atoms with van der Waals surface area (Å²) in [6.07, 6.45) is 0. The maximum atomic E-state index is 13.1. The molecule has 30 heavy (non-hydrogen) atoms. The summed E-state index contributed by atoms with van der Waals surface area (Å²) in [5, 5.41) is 2.72. The van der Waals surface area contributed by atoms with Gasteiger partial charge in [0.1, 0.15) is 6.54 Å². The second-order valence-electron chi connectivity index (χ2n) is 6.76. The van der Waals surface area contributed by atoms with Crippen molar-refractivity contribution in [3.8, 4) is 0 Å². The van der Waals surface area contributed by atoms with Gasteiger partial charge in [-0.2, -0.15) is 0 Å². The van der Waals surface area contributed by atoms with Crippen LogP contribution < -0.4 is 15.8 Å². The quantitative estimate of drug-likeness (QED) is 0.634. The highest BCUT2D eigenvalue weighted by Gasteiger charge is 2.20. The van der Waals surface area contributed by atoms with Gasteiger partial charge in [0.05, 0.1) is 11.0 Å². The molecule has 0 atom stereocenters. The van der Waals surface area contributed by atoms with Gasteiger partial charge in [0, 0.05) is 24.7 Å². The largest absolute Gasteiger partial charge is 0.325 e. The Morgan fingerprint density at radius 2 is 1.70 bits per heavy atom. The van der Waals surface area contributed by atoms with Crippen LogP contribution in [0.1, 0.15) is 31.1 Å². The maximum Gasteiger partial charge on any atom is 0.294 e. The molecule has 0 radical (unpaired) electrons. The molecule has 0 aliphatic rings. The molecule has 8 nitrogen and oxygen atoms in total. The zero-order chi connectivity index (χ0) is 21.8. The number of carbonyl (C=O) groups excluding carboxylic acids is 3. The molecule has 0 fully saturated rings. The Kier molecular flexibility index (Phi) is 6.06. The zero-order valence-electron chi connectivity index (χ0n) is 17.0. The van der Waals surface area contributed by atoms with Crippen molar-refractivity contribution in [2.45, 2.75) is 27.3 Å². The zero-order valence-corrected chi connectivity index (χ0v) is 17.0. The number of aromatic nitrogens is 2. The standard InChI is InChI=1S/C22H22N4O4/c1-4-25(15(3)28)21-22(30)26(19-8-6-5-7-18(19)24-21)13-20(29)23-17-11-9-16(10-12-17)14(2)27/h5-12H,4,13H2,1-3H3,(H,23,29). The molecule has 154 valence electrons. The van der Waals surface area contributed by atoms with E-state index < -0.39 is 11.5 Å². The second-order valence-corrected chi connectivity index (χ2v) is 6.76. The van der Waals surface area contributed by atoms with Crippen LogP contribution >= 0.6 is 0 Å². The molecular formula is C22H22N4O4. The molecule has 0 saturated carbocycles. The van der Waals surface area contributed by atoms with E-state index in [1.165, 1.54) is 23.3 Å². The van der Waals surface area contributed by atoms with E-state index in [1.807, 2.05) is 0 Å². The van der Waals surface area contributed by atoms with Crippen molar-refractivity contribution in [1.82, 2.24) is 9.55 Å². The van der Waals surface area contributed by atoms with Gasteiger partial charge in [0.2, 0.25) is 17.6 Å². The van der Waals surface area contributed by atoms with Crippen LogP contribution in [0, 0.1) is 0 Å². The maximum absolute atomic E-state index is 13.1. The molecule has 0 spiro atoms. The van der Waals surface area contributed by atoms with E-state index in [0.29, 0.717) is 22.3 Å². The van der Waals surface area contributed by atoms with E-state index in [4.69, 9.17) is 0 Å². The molecule has 0 aliphatic carbocycles. The van der Waals surface area contributed by atoms with E-state index in [1.54, 1.807) is 55.5 Å². The van der Waals surface area contributed by atoms with Gasteiger partial charge in [-0.25, -0.2) is 4.98 Å². The smallest absolute Gasteiger partial charge is 0.294 e. The molecule has 0 unspecified atom stereocenters. The van der Waals surface area contributed by atoms with E-state index in [9.17, 15) is 19.2 Å². The van der Waals surface area contributed by atoms with Crippen molar-refractivity contribution in [2.75, 3.05) is 16.8 Å². The number of amides is 2. The lowest BCUT2D eigenvalue weighted by Crippen LogP contribution is -2.38. The number of benzene rings is 2. The second kappa shape index (κ2) is 8.69. The molecule has 1 aromatic heterocycles. The monoisotopic (exact) mass is 406 g/mol. The van der Waals surface area contributed by atoms with Gasteiger partial charge in [0.25, 0.3) is 5.56 Å². The van der Waals surface area contributed by atoms with Crippen molar-refractivity contribution < 1.29 is 14.4 Å². The predicted octanol–water partition coefficient (Wildman–Crippen LogP) is 2.61. The first-order chi connectivity index (χ1) is 14.3. The fourth-order valence-corrected chi connectivity index (χ4v) is 3.17. The number of Topliss-reactive ketones (excluding diaryl/α,β-unsaturated/α-hetero) is 1. The van der Waals surface area contributed by atoms with Crippen molar-refractivity contribution in [3.05, 3.63) is 64.4 Å². The first kappa shape index (κ1) is 20.9. The molecule has 1 N–H and O–H groups in total. The first-order valence-electron chi connectivity index (χ1n) is 9.50.